The van der Waals surface area contributed by atoms with E-state index in [1.165, 1.54) is 6.42 Å². The minimum atomic E-state index is 0.614. The second-order valence-electron chi connectivity index (χ2n) is 5.30. The van der Waals surface area contributed by atoms with Gasteiger partial charge in [-0.25, -0.2) is 9.97 Å². The van der Waals surface area contributed by atoms with Gasteiger partial charge in [-0.2, -0.15) is 0 Å². The molecule has 0 aliphatic carbocycles. The molecule has 114 valence electrons. The average Bonchev–Trinajstić information content (AvgIpc) is 2.45. The zero-order chi connectivity index (χ0) is 14.8. The number of rotatable bonds is 10. The van der Waals surface area contributed by atoms with Crippen molar-refractivity contribution in [2.45, 2.75) is 46.1 Å². The first-order valence-corrected chi connectivity index (χ1v) is 7.52. The third-order valence-electron chi connectivity index (χ3n) is 3.22. The van der Waals surface area contributed by atoms with Crippen molar-refractivity contribution < 1.29 is 4.74 Å². The van der Waals surface area contributed by atoms with Crippen molar-refractivity contribution >= 4 is 5.82 Å². The summed E-state index contributed by atoms with van der Waals surface area (Å²) in [7, 11) is 2.17. The van der Waals surface area contributed by atoms with Crippen LogP contribution in [0, 0.1) is 0 Å². The molecular weight excluding hydrogens is 252 g/mol. The summed E-state index contributed by atoms with van der Waals surface area (Å²) in [6.07, 6.45) is 4.84. The fourth-order valence-corrected chi connectivity index (χ4v) is 1.68. The van der Waals surface area contributed by atoms with E-state index in [-0.39, 0.29) is 0 Å². The molecule has 20 heavy (non-hydrogen) atoms. The number of nitrogens with zero attached hydrogens (tertiary/aromatic N) is 3. The largest absolute Gasteiger partial charge is 0.478 e. The minimum absolute atomic E-state index is 0.614. The quantitative estimate of drug-likeness (QED) is 0.668. The maximum Gasteiger partial charge on any atom is 0.218 e. The number of ether oxygens (including phenoxy) is 1. The molecule has 5 heteroatoms. The van der Waals surface area contributed by atoms with Crippen LogP contribution in [-0.4, -0.2) is 47.7 Å². The number of hydrogen-bond acceptors (Lipinski definition) is 5. The van der Waals surface area contributed by atoms with E-state index in [0.29, 0.717) is 18.5 Å². The van der Waals surface area contributed by atoms with E-state index in [1.807, 2.05) is 6.07 Å². The van der Waals surface area contributed by atoms with Crippen molar-refractivity contribution in [1.82, 2.24) is 14.9 Å². The molecule has 0 bridgehead atoms. The molecule has 0 atom stereocenters. The van der Waals surface area contributed by atoms with Crippen LogP contribution in [0.1, 0.15) is 40.0 Å². The van der Waals surface area contributed by atoms with Gasteiger partial charge in [0, 0.05) is 18.7 Å². The average molecular weight is 280 g/mol. The maximum atomic E-state index is 5.48. The Balaban J connectivity index is 2.21. The summed E-state index contributed by atoms with van der Waals surface area (Å²) >= 11 is 0. The van der Waals surface area contributed by atoms with Crippen LogP contribution in [0.5, 0.6) is 5.88 Å². The lowest BCUT2D eigenvalue weighted by Gasteiger charge is -2.20. The lowest BCUT2D eigenvalue weighted by atomic mass is 10.2. The molecule has 0 amide bonds. The summed E-state index contributed by atoms with van der Waals surface area (Å²) in [6.45, 7) is 9.27. The molecule has 5 nitrogen and oxygen atoms in total. The van der Waals surface area contributed by atoms with E-state index in [9.17, 15) is 0 Å². The van der Waals surface area contributed by atoms with Gasteiger partial charge in [-0.3, -0.25) is 0 Å². The van der Waals surface area contributed by atoms with Gasteiger partial charge < -0.3 is 15.0 Å². The molecule has 0 spiro atoms. The Morgan fingerprint density at radius 1 is 1.30 bits per heavy atom. The Kier molecular flexibility index (Phi) is 7.95. The van der Waals surface area contributed by atoms with Crippen molar-refractivity contribution in [1.29, 1.82) is 0 Å². The van der Waals surface area contributed by atoms with Gasteiger partial charge in [-0.15, -0.1) is 0 Å². The monoisotopic (exact) mass is 280 g/mol. The van der Waals surface area contributed by atoms with Gasteiger partial charge in [0.25, 0.3) is 0 Å². The van der Waals surface area contributed by atoms with E-state index < -0.39 is 0 Å². The Hall–Kier alpha value is -1.36. The first-order valence-electron chi connectivity index (χ1n) is 7.52. The molecule has 1 rings (SSSR count). The first-order chi connectivity index (χ1) is 9.63. The van der Waals surface area contributed by atoms with Gasteiger partial charge >= 0.3 is 0 Å². The molecule has 1 heterocycles. The zero-order valence-electron chi connectivity index (χ0n) is 13.2. The normalized spacial score (nSPS) is 11.1. The maximum absolute atomic E-state index is 5.48. The summed E-state index contributed by atoms with van der Waals surface area (Å²) in [5, 5.41) is 3.31. The fraction of sp³-hybridized carbons (Fsp3) is 0.733. The van der Waals surface area contributed by atoms with Gasteiger partial charge in [0.2, 0.25) is 5.88 Å². The van der Waals surface area contributed by atoms with Crippen molar-refractivity contribution in [3.63, 3.8) is 0 Å². The second-order valence-corrected chi connectivity index (χ2v) is 5.30. The van der Waals surface area contributed by atoms with E-state index in [2.05, 4.69) is 48.0 Å². The molecule has 1 aromatic heterocycles. The summed E-state index contributed by atoms with van der Waals surface area (Å²) < 4.78 is 5.48. The highest BCUT2D eigenvalue weighted by molar-refractivity contribution is 5.36. The Morgan fingerprint density at radius 3 is 2.80 bits per heavy atom. The Labute approximate surface area is 122 Å². The van der Waals surface area contributed by atoms with Crippen molar-refractivity contribution in [2.24, 2.45) is 0 Å². The highest BCUT2D eigenvalue weighted by atomic mass is 16.5. The van der Waals surface area contributed by atoms with Crippen LogP contribution in [0.25, 0.3) is 0 Å². The molecule has 0 aromatic carbocycles. The van der Waals surface area contributed by atoms with Crippen LogP contribution >= 0.6 is 0 Å². The molecule has 0 unspecified atom stereocenters. The van der Waals surface area contributed by atoms with Gasteiger partial charge in [0.1, 0.15) is 12.1 Å². The number of anilines is 1. The first kappa shape index (κ1) is 16.7. The highest BCUT2D eigenvalue weighted by Gasteiger charge is 2.02. The smallest absolute Gasteiger partial charge is 0.218 e. The van der Waals surface area contributed by atoms with E-state index in [0.717, 1.165) is 31.7 Å². The highest BCUT2D eigenvalue weighted by Crippen LogP contribution is 2.11. The number of nitrogens with one attached hydrogen (secondary N) is 1. The molecular formula is C15H28N4O. The molecule has 1 N–H and O–H groups in total. The summed E-state index contributed by atoms with van der Waals surface area (Å²) in [6, 6.07) is 2.47. The van der Waals surface area contributed by atoms with Crippen LogP contribution < -0.4 is 10.1 Å². The summed E-state index contributed by atoms with van der Waals surface area (Å²) in [5.41, 5.74) is 0. The van der Waals surface area contributed by atoms with Gasteiger partial charge in [-0.05, 0) is 46.7 Å². The van der Waals surface area contributed by atoms with E-state index >= 15 is 0 Å². The van der Waals surface area contributed by atoms with Crippen LogP contribution in [0.3, 0.4) is 0 Å². The molecule has 0 fully saturated rings. The standard InChI is InChI=1S/C15H28N4O/c1-5-10-20-15-11-14(17-12-18-15)16-8-6-7-9-19(4)13(2)3/h11-13H,5-10H2,1-4H3,(H,16,17,18). The van der Waals surface area contributed by atoms with Crippen LogP contribution in [-0.2, 0) is 0 Å². The molecule has 0 aliphatic heterocycles. The molecule has 0 aliphatic rings. The molecule has 0 saturated carbocycles. The summed E-state index contributed by atoms with van der Waals surface area (Å²) in [4.78, 5) is 10.6. The third kappa shape index (κ3) is 6.70. The van der Waals surface area contributed by atoms with Gasteiger partial charge in [0.15, 0.2) is 0 Å². The van der Waals surface area contributed by atoms with Crippen LogP contribution in [0.2, 0.25) is 0 Å². The third-order valence-corrected chi connectivity index (χ3v) is 3.22. The fourth-order valence-electron chi connectivity index (χ4n) is 1.68. The Bertz CT molecular complexity index is 371. The predicted molar refractivity (Wildman–Crippen MR) is 83.3 cm³/mol. The minimum Gasteiger partial charge on any atom is -0.478 e. The van der Waals surface area contributed by atoms with Crippen molar-refractivity contribution in [2.75, 3.05) is 32.1 Å². The number of hydrogen-bond donors (Lipinski definition) is 1. The Morgan fingerprint density at radius 2 is 2.10 bits per heavy atom. The zero-order valence-corrected chi connectivity index (χ0v) is 13.2. The molecule has 0 radical (unpaired) electrons. The van der Waals surface area contributed by atoms with Crippen LogP contribution in [0.15, 0.2) is 12.4 Å². The van der Waals surface area contributed by atoms with Gasteiger partial charge in [0.05, 0.1) is 6.61 Å². The van der Waals surface area contributed by atoms with Crippen LogP contribution in [0.4, 0.5) is 5.82 Å². The van der Waals surface area contributed by atoms with Crippen molar-refractivity contribution in [3.05, 3.63) is 12.4 Å². The second kappa shape index (κ2) is 9.53. The predicted octanol–water partition coefficient (Wildman–Crippen LogP) is 2.80. The topological polar surface area (TPSA) is 50.3 Å². The van der Waals surface area contributed by atoms with Crippen molar-refractivity contribution in [3.8, 4) is 5.88 Å². The van der Waals surface area contributed by atoms with E-state index in [4.69, 9.17) is 4.74 Å². The lowest BCUT2D eigenvalue weighted by molar-refractivity contribution is 0.269. The lowest BCUT2D eigenvalue weighted by Crippen LogP contribution is -2.27. The van der Waals surface area contributed by atoms with E-state index in [1.54, 1.807) is 6.33 Å². The molecule has 0 saturated heterocycles. The number of unbranched alkanes of at least 4 members (excludes halogenated alkanes) is 1. The molecule has 1 aromatic rings. The number of aromatic nitrogens is 2. The van der Waals surface area contributed by atoms with Gasteiger partial charge in [-0.1, -0.05) is 6.92 Å². The summed E-state index contributed by atoms with van der Waals surface area (Å²) in [5.74, 6) is 1.48. The SMILES string of the molecule is CCCOc1cc(NCCCCN(C)C(C)C)ncn1.